The molecule has 1 aliphatic rings. The molecule has 6 heteroatoms. The highest BCUT2D eigenvalue weighted by Gasteiger charge is 2.40. The van der Waals surface area contributed by atoms with Crippen molar-refractivity contribution in [1.82, 2.24) is 4.90 Å². The van der Waals surface area contributed by atoms with Crippen LogP contribution in [0.3, 0.4) is 0 Å². The molecule has 0 radical (unpaired) electrons. The van der Waals surface area contributed by atoms with Gasteiger partial charge in [0.05, 0.1) is 6.54 Å². The van der Waals surface area contributed by atoms with Crippen LogP contribution in [0.4, 0.5) is 0 Å². The van der Waals surface area contributed by atoms with Crippen molar-refractivity contribution in [2.75, 3.05) is 13.1 Å². The van der Waals surface area contributed by atoms with E-state index in [4.69, 9.17) is 9.52 Å². The number of furan rings is 1. The average Bonchev–Trinajstić information content (AvgIpc) is 3.11. The highest BCUT2D eigenvalue weighted by atomic mass is 16.4. The largest absolute Gasteiger partial charge is 0.475 e. The maximum absolute atomic E-state index is 12.5. The van der Waals surface area contributed by atoms with Crippen LogP contribution in [0.15, 0.2) is 34.7 Å². The molecular formula is C18H19NO5. The topological polar surface area (TPSA) is 91.0 Å². The van der Waals surface area contributed by atoms with Crippen LogP contribution in [-0.4, -0.2) is 40.1 Å². The minimum absolute atomic E-state index is 0.0157. The lowest BCUT2D eigenvalue weighted by Gasteiger charge is -2.23. The third kappa shape index (κ3) is 2.80. The first-order valence-electron chi connectivity index (χ1n) is 7.73. The summed E-state index contributed by atoms with van der Waals surface area (Å²) in [6, 6.07) is 9.00. The maximum atomic E-state index is 12.5. The number of hydrogen-bond acceptors (Lipinski definition) is 4. The smallest absolute Gasteiger partial charge is 0.372 e. The molecule has 1 amide bonds. The van der Waals surface area contributed by atoms with E-state index in [1.807, 2.05) is 31.2 Å². The number of carbonyl (C=O) groups is 2. The number of β-amino-alcohol motifs (C(OH)–C–C–N with tert-alkyl or cyclic N) is 1. The van der Waals surface area contributed by atoms with E-state index in [0.717, 1.165) is 11.1 Å². The van der Waals surface area contributed by atoms with E-state index in [9.17, 15) is 14.7 Å². The van der Waals surface area contributed by atoms with E-state index in [0.29, 0.717) is 18.5 Å². The summed E-state index contributed by atoms with van der Waals surface area (Å²) in [6.45, 7) is 4.08. The minimum atomic E-state index is -1.20. The molecule has 1 aromatic carbocycles. The fourth-order valence-electron chi connectivity index (χ4n) is 3.02. The van der Waals surface area contributed by atoms with Crippen molar-refractivity contribution in [2.24, 2.45) is 0 Å². The summed E-state index contributed by atoms with van der Waals surface area (Å²) >= 11 is 0. The third-order valence-corrected chi connectivity index (χ3v) is 4.45. The van der Waals surface area contributed by atoms with E-state index in [-0.39, 0.29) is 18.1 Å². The van der Waals surface area contributed by atoms with Gasteiger partial charge in [-0.05, 0) is 31.9 Å². The van der Waals surface area contributed by atoms with E-state index in [1.165, 1.54) is 11.0 Å². The molecule has 0 bridgehead atoms. The quantitative estimate of drug-likeness (QED) is 0.902. The summed E-state index contributed by atoms with van der Waals surface area (Å²) in [4.78, 5) is 25.1. The molecule has 3 rings (SSSR count). The fourth-order valence-corrected chi connectivity index (χ4v) is 3.02. The number of likely N-dealkylation sites (tertiary alicyclic amines) is 1. The summed E-state index contributed by atoms with van der Waals surface area (Å²) in [5.41, 5.74) is 1.17. The van der Waals surface area contributed by atoms with Gasteiger partial charge >= 0.3 is 5.97 Å². The van der Waals surface area contributed by atoms with Crippen LogP contribution in [0, 0.1) is 13.8 Å². The zero-order chi connectivity index (χ0) is 17.5. The van der Waals surface area contributed by atoms with Crippen LogP contribution in [0.5, 0.6) is 0 Å². The molecule has 126 valence electrons. The molecular weight excluding hydrogens is 310 g/mol. The van der Waals surface area contributed by atoms with Gasteiger partial charge in [0.2, 0.25) is 5.76 Å². The van der Waals surface area contributed by atoms with Gasteiger partial charge in [0, 0.05) is 12.1 Å². The highest BCUT2D eigenvalue weighted by Crippen LogP contribution is 2.33. The Morgan fingerprint density at radius 1 is 1.21 bits per heavy atom. The van der Waals surface area contributed by atoms with Crippen molar-refractivity contribution in [3.63, 3.8) is 0 Å². The second kappa shape index (κ2) is 5.79. The SMILES string of the molecule is Cc1ccc(C2(O)CCN(C(=O)c3cc(C)c(C(=O)O)o3)C2)cc1. The van der Waals surface area contributed by atoms with Gasteiger partial charge in [0.1, 0.15) is 5.60 Å². The molecule has 0 aliphatic carbocycles. The second-order valence-electron chi connectivity index (χ2n) is 6.30. The molecule has 1 aromatic heterocycles. The standard InChI is InChI=1S/C18H19NO5/c1-11-3-5-13(6-4-11)18(23)7-8-19(10-18)16(20)14-9-12(2)15(24-14)17(21)22/h3-6,9,23H,7-8,10H2,1-2H3,(H,21,22). The van der Waals surface area contributed by atoms with Gasteiger partial charge in [-0.15, -0.1) is 0 Å². The Bertz CT molecular complexity index is 792. The monoisotopic (exact) mass is 329 g/mol. The molecule has 2 heterocycles. The van der Waals surface area contributed by atoms with Gasteiger partial charge in [-0.25, -0.2) is 4.79 Å². The zero-order valence-electron chi connectivity index (χ0n) is 13.6. The first-order chi connectivity index (χ1) is 11.3. The third-order valence-electron chi connectivity index (χ3n) is 4.45. The van der Waals surface area contributed by atoms with Crippen molar-refractivity contribution in [2.45, 2.75) is 25.9 Å². The number of aromatic carboxylic acids is 1. The van der Waals surface area contributed by atoms with E-state index < -0.39 is 17.5 Å². The molecule has 2 N–H and O–H groups in total. The Morgan fingerprint density at radius 2 is 1.88 bits per heavy atom. The second-order valence-corrected chi connectivity index (χ2v) is 6.30. The number of aryl methyl sites for hydroxylation is 2. The Labute approximate surface area is 139 Å². The van der Waals surface area contributed by atoms with Gasteiger partial charge in [0.15, 0.2) is 5.76 Å². The summed E-state index contributed by atoms with van der Waals surface area (Å²) in [5.74, 6) is -1.86. The van der Waals surface area contributed by atoms with Crippen molar-refractivity contribution in [3.05, 3.63) is 58.5 Å². The van der Waals surface area contributed by atoms with Crippen LogP contribution >= 0.6 is 0 Å². The van der Waals surface area contributed by atoms with Crippen molar-refractivity contribution in [3.8, 4) is 0 Å². The molecule has 24 heavy (non-hydrogen) atoms. The predicted molar refractivity (Wildman–Crippen MR) is 86.0 cm³/mol. The van der Waals surface area contributed by atoms with Crippen molar-refractivity contribution in [1.29, 1.82) is 0 Å². The highest BCUT2D eigenvalue weighted by molar-refractivity contribution is 5.94. The molecule has 1 unspecified atom stereocenters. The number of carboxylic acids is 1. The molecule has 1 aliphatic heterocycles. The Hall–Kier alpha value is -2.60. The number of rotatable bonds is 3. The Morgan fingerprint density at radius 3 is 2.46 bits per heavy atom. The minimum Gasteiger partial charge on any atom is -0.475 e. The number of aliphatic hydroxyl groups is 1. The van der Waals surface area contributed by atoms with Crippen molar-refractivity contribution < 1.29 is 24.2 Å². The molecule has 1 saturated heterocycles. The molecule has 2 aromatic rings. The zero-order valence-corrected chi connectivity index (χ0v) is 13.6. The Balaban J connectivity index is 1.80. The number of benzene rings is 1. The van der Waals surface area contributed by atoms with E-state index in [1.54, 1.807) is 6.92 Å². The molecule has 0 saturated carbocycles. The molecule has 6 nitrogen and oxygen atoms in total. The number of carbonyl (C=O) groups excluding carboxylic acids is 1. The number of amides is 1. The Kier molecular flexibility index (Phi) is 3.93. The molecule has 0 spiro atoms. The average molecular weight is 329 g/mol. The lowest BCUT2D eigenvalue weighted by Crippen LogP contribution is -2.34. The summed E-state index contributed by atoms with van der Waals surface area (Å²) in [7, 11) is 0. The lowest BCUT2D eigenvalue weighted by molar-refractivity contribution is 0.0405. The van der Waals surface area contributed by atoms with Crippen LogP contribution in [0.1, 0.15) is 44.2 Å². The molecule has 1 atom stereocenters. The summed E-state index contributed by atoms with van der Waals surface area (Å²) in [5, 5.41) is 19.9. The normalized spacial score (nSPS) is 20.4. The fraction of sp³-hybridized carbons (Fsp3) is 0.333. The van der Waals surface area contributed by atoms with Gasteiger partial charge in [-0.2, -0.15) is 0 Å². The molecule has 1 fully saturated rings. The van der Waals surface area contributed by atoms with E-state index >= 15 is 0 Å². The first-order valence-corrected chi connectivity index (χ1v) is 7.73. The van der Waals surface area contributed by atoms with Crippen LogP contribution in [-0.2, 0) is 5.60 Å². The summed E-state index contributed by atoms with van der Waals surface area (Å²) < 4.78 is 5.17. The van der Waals surface area contributed by atoms with Gasteiger partial charge in [-0.1, -0.05) is 29.8 Å². The maximum Gasteiger partial charge on any atom is 0.372 e. The van der Waals surface area contributed by atoms with E-state index in [2.05, 4.69) is 0 Å². The van der Waals surface area contributed by atoms with Gasteiger partial charge in [0.25, 0.3) is 5.91 Å². The number of nitrogens with zero attached hydrogens (tertiary/aromatic N) is 1. The van der Waals surface area contributed by atoms with Crippen LogP contribution in [0.25, 0.3) is 0 Å². The van der Waals surface area contributed by atoms with Crippen LogP contribution < -0.4 is 0 Å². The lowest BCUT2D eigenvalue weighted by atomic mass is 9.92. The van der Waals surface area contributed by atoms with Crippen LogP contribution in [0.2, 0.25) is 0 Å². The number of hydrogen-bond donors (Lipinski definition) is 2. The first kappa shape index (κ1) is 16.3. The number of carboxylic acid groups (broad SMARTS) is 1. The van der Waals surface area contributed by atoms with Gasteiger partial charge in [-0.3, -0.25) is 4.79 Å². The van der Waals surface area contributed by atoms with Crippen molar-refractivity contribution >= 4 is 11.9 Å². The van der Waals surface area contributed by atoms with Gasteiger partial charge < -0.3 is 19.5 Å². The summed E-state index contributed by atoms with van der Waals surface area (Å²) in [6.07, 6.45) is 0.424. The predicted octanol–water partition coefficient (Wildman–Crippen LogP) is 2.33.